The molecule has 3 aliphatic rings. The lowest BCUT2D eigenvalue weighted by molar-refractivity contribution is -0.148. The SMILES string of the molecule is Cc1cn(C2CN(C(c3ccccc3)(c3ccccc3)c3ccccc3)CC(COP(=O)(Cl)N3CCC4CCCCC4C3)O2)c(=O)[nH]c1=O. The summed E-state index contributed by atoms with van der Waals surface area (Å²) < 4.78 is 30.1. The molecule has 0 radical (unpaired) electrons. The lowest BCUT2D eigenvalue weighted by Crippen LogP contribution is -2.58. The summed E-state index contributed by atoms with van der Waals surface area (Å²) in [5, 5.41) is 0. The average molecular weight is 703 g/mol. The van der Waals surface area contributed by atoms with Crippen LogP contribution in [0.2, 0.25) is 0 Å². The molecule has 4 aromatic rings. The maximum atomic E-state index is 14.0. The van der Waals surface area contributed by atoms with Crippen LogP contribution in [0.15, 0.2) is 107 Å². The van der Waals surface area contributed by atoms with Crippen LogP contribution in [0.1, 0.15) is 60.6 Å². The Balaban J connectivity index is 1.28. The predicted octanol–water partition coefficient (Wildman–Crippen LogP) is 6.91. The number of aromatic amines is 1. The molecular weight excluding hydrogens is 659 g/mol. The van der Waals surface area contributed by atoms with E-state index in [0.717, 1.165) is 29.5 Å². The number of aromatic nitrogens is 2. The van der Waals surface area contributed by atoms with Crippen LogP contribution in [0.5, 0.6) is 0 Å². The Morgan fingerprint density at radius 2 is 1.41 bits per heavy atom. The van der Waals surface area contributed by atoms with Crippen molar-refractivity contribution in [3.63, 3.8) is 0 Å². The Kier molecular flexibility index (Phi) is 10.1. The molecule has 1 aromatic heterocycles. The third-order valence-corrected chi connectivity index (χ3v) is 13.1. The van der Waals surface area contributed by atoms with Gasteiger partial charge in [0.1, 0.15) is 0 Å². The van der Waals surface area contributed by atoms with E-state index in [-0.39, 0.29) is 6.61 Å². The number of nitrogens with one attached hydrogen (secondary N) is 1. The molecular formula is C38H44ClN4O5P. The third-order valence-electron chi connectivity index (χ3n) is 10.7. The summed E-state index contributed by atoms with van der Waals surface area (Å²) in [5.41, 5.74) is 1.70. The number of piperidine rings is 1. The fraction of sp³-hybridized carbons (Fsp3) is 0.421. The van der Waals surface area contributed by atoms with Gasteiger partial charge in [-0.25, -0.2) is 9.46 Å². The normalized spacial score (nSPS) is 24.9. The molecule has 3 fully saturated rings. The molecule has 49 heavy (non-hydrogen) atoms. The zero-order chi connectivity index (χ0) is 34.0. The topological polar surface area (TPSA) is 96.9 Å². The number of hydrogen-bond acceptors (Lipinski definition) is 6. The number of fused-ring (bicyclic) bond motifs is 1. The van der Waals surface area contributed by atoms with Crippen LogP contribution in [0.3, 0.4) is 0 Å². The van der Waals surface area contributed by atoms with Crippen LogP contribution in [0.25, 0.3) is 0 Å². The van der Waals surface area contributed by atoms with E-state index in [1.165, 1.54) is 23.8 Å². The average Bonchev–Trinajstić information content (AvgIpc) is 3.14. The van der Waals surface area contributed by atoms with E-state index >= 15 is 0 Å². The number of rotatable bonds is 9. The zero-order valence-electron chi connectivity index (χ0n) is 27.8. The first kappa shape index (κ1) is 34.2. The summed E-state index contributed by atoms with van der Waals surface area (Å²) >= 11 is 6.79. The fourth-order valence-corrected chi connectivity index (χ4v) is 10.1. The van der Waals surface area contributed by atoms with Gasteiger partial charge in [-0.3, -0.25) is 23.8 Å². The van der Waals surface area contributed by atoms with Gasteiger partial charge in [-0.1, -0.05) is 110 Å². The lowest BCUT2D eigenvalue weighted by Gasteiger charge is -2.50. The number of halogens is 1. The fourth-order valence-electron chi connectivity index (χ4n) is 8.28. The van der Waals surface area contributed by atoms with Gasteiger partial charge >= 0.3 is 12.6 Å². The van der Waals surface area contributed by atoms with Gasteiger partial charge in [-0.15, -0.1) is 0 Å². The summed E-state index contributed by atoms with van der Waals surface area (Å²) in [6.45, 7) is -0.0245. The molecule has 2 aliphatic heterocycles. The van der Waals surface area contributed by atoms with E-state index in [9.17, 15) is 14.2 Å². The standard InChI is InChI=1S/C38H44ClN4O5P/c1-28-23-43(37(45)40-36(28)44)35-26-41(25-34(48-35)27-47-49(39,46)42-22-21-29-13-11-12-14-30(29)24-42)38(31-15-5-2-6-16-31,32-17-7-3-8-18-32)33-19-9-4-10-20-33/h2-10,15-20,23,29-30,34-35H,11-14,21-22,24-27H2,1H3,(H,40,44,45). The maximum Gasteiger partial charge on any atom is 0.363 e. The molecule has 5 atom stereocenters. The molecule has 2 saturated heterocycles. The van der Waals surface area contributed by atoms with Gasteiger partial charge in [0.05, 0.1) is 18.2 Å². The summed E-state index contributed by atoms with van der Waals surface area (Å²) in [4.78, 5) is 30.4. The van der Waals surface area contributed by atoms with Gasteiger partial charge in [-0.05, 0) is 59.5 Å². The minimum atomic E-state index is -3.66. The highest BCUT2D eigenvalue weighted by Gasteiger charge is 2.47. The first-order valence-electron chi connectivity index (χ1n) is 17.3. The van der Waals surface area contributed by atoms with Gasteiger partial charge in [-0.2, -0.15) is 0 Å². The number of ether oxygens (including phenoxy) is 1. The molecule has 9 nitrogen and oxygen atoms in total. The van der Waals surface area contributed by atoms with Gasteiger partial charge in [0.2, 0.25) is 0 Å². The van der Waals surface area contributed by atoms with E-state index in [1.54, 1.807) is 13.1 Å². The van der Waals surface area contributed by atoms with Gasteiger partial charge < -0.3 is 9.26 Å². The summed E-state index contributed by atoms with van der Waals surface area (Å²) in [6.07, 6.45) is 5.93. The molecule has 3 aromatic carbocycles. The molecule has 0 bridgehead atoms. The number of nitrogens with zero attached hydrogens (tertiary/aromatic N) is 3. The minimum Gasteiger partial charge on any atom is -0.350 e. The second-order valence-electron chi connectivity index (χ2n) is 13.7. The second-order valence-corrected chi connectivity index (χ2v) is 16.7. The van der Waals surface area contributed by atoms with E-state index in [4.69, 9.17) is 20.5 Å². The zero-order valence-corrected chi connectivity index (χ0v) is 29.5. The molecule has 258 valence electrons. The second kappa shape index (κ2) is 14.5. The van der Waals surface area contributed by atoms with Crippen molar-refractivity contribution in [3.8, 4) is 0 Å². The van der Waals surface area contributed by atoms with Gasteiger partial charge in [0, 0.05) is 37.9 Å². The molecule has 7 rings (SSSR count). The van der Waals surface area contributed by atoms with Crippen molar-refractivity contribution < 1.29 is 13.8 Å². The molecule has 3 heterocycles. The largest absolute Gasteiger partial charge is 0.363 e. The number of benzene rings is 3. The minimum absolute atomic E-state index is 0.0378. The predicted molar refractivity (Wildman–Crippen MR) is 192 cm³/mol. The van der Waals surface area contributed by atoms with Crippen LogP contribution in [-0.2, 0) is 19.4 Å². The molecule has 1 N–H and O–H groups in total. The van der Waals surface area contributed by atoms with Crippen molar-refractivity contribution in [2.45, 2.75) is 56.9 Å². The first-order valence-corrected chi connectivity index (χ1v) is 19.8. The summed E-state index contributed by atoms with van der Waals surface area (Å²) in [6, 6.07) is 30.9. The molecule has 0 amide bonds. The quantitative estimate of drug-likeness (QED) is 0.150. The highest BCUT2D eigenvalue weighted by atomic mass is 35.7. The summed E-state index contributed by atoms with van der Waals surface area (Å²) in [7, 11) is 0. The van der Waals surface area contributed by atoms with Gasteiger partial charge in [0.25, 0.3) is 5.56 Å². The molecule has 1 saturated carbocycles. The molecule has 11 heteroatoms. The summed E-state index contributed by atoms with van der Waals surface area (Å²) in [5.74, 6) is 1.15. The highest BCUT2D eigenvalue weighted by Crippen LogP contribution is 2.58. The Labute approximate surface area is 292 Å². The monoisotopic (exact) mass is 702 g/mol. The van der Waals surface area contributed by atoms with Crippen LogP contribution < -0.4 is 11.2 Å². The smallest absolute Gasteiger partial charge is 0.350 e. The van der Waals surface area contributed by atoms with Crippen molar-refractivity contribution in [2.24, 2.45) is 11.8 Å². The van der Waals surface area contributed by atoms with Crippen molar-refractivity contribution in [2.75, 3.05) is 32.8 Å². The Hall–Kier alpha value is -3.30. The molecule has 1 aliphatic carbocycles. The Morgan fingerprint density at radius 3 is 2.00 bits per heavy atom. The van der Waals surface area contributed by atoms with Crippen LogP contribution in [0, 0.1) is 18.8 Å². The van der Waals surface area contributed by atoms with Crippen LogP contribution in [0.4, 0.5) is 0 Å². The van der Waals surface area contributed by atoms with E-state index in [0.29, 0.717) is 43.6 Å². The third kappa shape index (κ3) is 6.90. The van der Waals surface area contributed by atoms with Gasteiger partial charge in [0.15, 0.2) is 6.23 Å². The maximum absolute atomic E-state index is 14.0. The van der Waals surface area contributed by atoms with Crippen molar-refractivity contribution in [1.29, 1.82) is 0 Å². The Bertz CT molecular complexity index is 1790. The Morgan fingerprint density at radius 1 is 0.837 bits per heavy atom. The van der Waals surface area contributed by atoms with Crippen LogP contribution in [-0.4, -0.2) is 58.0 Å². The van der Waals surface area contributed by atoms with Crippen molar-refractivity contribution in [1.82, 2.24) is 19.1 Å². The van der Waals surface area contributed by atoms with E-state index in [1.807, 2.05) is 59.3 Å². The number of H-pyrrole nitrogens is 1. The molecule has 0 spiro atoms. The van der Waals surface area contributed by atoms with Crippen LogP contribution >= 0.6 is 18.1 Å². The molecule has 5 unspecified atom stereocenters. The number of aryl methyl sites for hydroxylation is 1. The van der Waals surface area contributed by atoms with Crippen molar-refractivity contribution in [3.05, 3.63) is 140 Å². The van der Waals surface area contributed by atoms with E-state index in [2.05, 4.69) is 46.3 Å². The lowest BCUT2D eigenvalue weighted by atomic mass is 9.75. The van der Waals surface area contributed by atoms with E-state index < -0.39 is 36.0 Å². The first-order chi connectivity index (χ1) is 23.8. The van der Waals surface area contributed by atoms with Crippen molar-refractivity contribution >= 4 is 18.1 Å². The number of hydrogen-bond donors (Lipinski definition) is 1. The number of morpholine rings is 1. The highest BCUT2D eigenvalue weighted by molar-refractivity contribution is 7.83.